The van der Waals surface area contributed by atoms with Crippen molar-refractivity contribution in [1.29, 1.82) is 0 Å². The van der Waals surface area contributed by atoms with Gasteiger partial charge < -0.3 is 120 Å². The van der Waals surface area contributed by atoms with Crippen LogP contribution < -0.4 is 5.32 Å². The van der Waals surface area contributed by atoms with E-state index in [1.54, 1.807) is 0 Å². The minimum atomic E-state index is -2.04. The first kappa shape index (κ1) is 44.9. The van der Waals surface area contributed by atoms with Crippen LogP contribution in [0.25, 0.3) is 0 Å². The Kier molecular flexibility index (Phi) is 15.3. The molecule has 0 spiro atoms. The molecule has 4 aliphatic heterocycles. The molecule has 24 heteroatoms. The lowest BCUT2D eigenvalue weighted by Crippen LogP contribution is -2.68. The Morgan fingerprint density at radius 3 is 1.38 bits per heavy atom. The summed E-state index contributed by atoms with van der Waals surface area (Å²) in [5.41, 5.74) is -0.00324. The molecular formula is C31H53NO23. The third kappa shape index (κ3) is 9.03. The molecule has 4 saturated heterocycles. The van der Waals surface area contributed by atoms with Gasteiger partial charge in [0.25, 0.3) is 0 Å². The highest BCUT2D eigenvalue weighted by Crippen LogP contribution is 2.34. The van der Waals surface area contributed by atoms with E-state index in [0.717, 1.165) is 0 Å². The van der Waals surface area contributed by atoms with E-state index in [0.29, 0.717) is 0 Å². The van der Waals surface area contributed by atoms with Crippen LogP contribution in [-0.2, 0) is 33.2 Å². The van der Waals surface area contributed by atoms with Gasteiger partial charge in [0.2, 0.25) is 0 Å². The van der Waals surface area contributed by atoms with Crippen molar-refractivity contribution in [2.45, 2.75) is 154 Å². The van der Waals surface area contributed by atoms with Gasteiger partial charge in [-0.3, -0.25) is 0 Å². The van der Waals surface area contributed by atoms with Gasteiger partial charge in [0.15, 0.2) is 25.2 Å². The lowest BCUT2D eigenvalue weighted by atomic mass is 9.86. The number of nitrogens with one attached hydrogen (secondary N) is 1. The fourth-order valence-corrected chi connectivity index (χ4v) is 7.30. The van der Waals surface area contributed by atoms with Crippen molar-refractivity contribution in [3.05, 3.63) is 11.6 Å². The number of aliphatic hydroxyl groups is 16. The van der Waals surface area contributed by atoms with E-state index >= 15 is 0 Å². The molecule has 0 bridgehead atoms. The van der Waals surface area contributed by atoms with Gasteiger partial charge >= 0.3 is 0 Å². The fourth-order valence-electron chi connectivity index (χ4n) is 7.30. The number of hydrogen-bond donors (Lipinski definition) is 17. The van der Waals surface area contributed by atoms with Gasteiger partial charge in [0, 0.05) is 0 Å². The van der Waals surface area contributed by atoms with Gasteiger partial charge in [-0.1, -0.05) is 6.08 Å². The first-order valence-electron chi connectivity index (χ1n) is 17.6. The molecule has 55 heavy (non-hydrogen) atoms. The van der Waals surface area contributed by atoms with E-state index in [1.807, 2.05) is 0 Å². The molecule has 0 aromatic heterocycles. The summed E-state index contributed by atoms with van der Waals surface area (Å²) in [5.74, 6) is 0. The lowest BCUT2D eigenvalue weighted by molar-refractivity contribution is -0.385. The van der Waals surface area contributed by atoms with Crippen molar-refractivity contribution >= 4 is 0 Å². The molecule has 320 valence electrons. The monoisotopic (exact) mass is 807 g/mol. The molecule has 0 aromatic rings. The zero-order valence-electron chi connectivity index (χ0n) is 29.3. The minimum Gasteiger partial charge on any atom is -0.394 e. The second-order valence-electron chi connectivity index (χ2n) is 14.2. The Morgan fingerprint density at radius 2 is 0.927 bits per heavy atom. The standard InChI is InChI=1S/C31H53NO23/c1-7-13(32-9-2-8(3-33)14(37)17(40)15(9)38)16(39)22(45)29(49-7)53-26-11(5-35)51-31(23(46)19(26)42)55-27-12(6-36)52-30(24(47)20(27)43)54-25-10(4-34)50-28(48)21(44)18(25)41/h2,7,9-48H,3-6H2,1H3/t7?,9-,10?,11?,12?,13+,14-,15?,16-,17-,18+,19+,20+,21?,22?,23?,24?,25+,26+,27+,28?,29+,30+,31+/m1/s1. The Balaban J connectivity index is 1.22. The summed E-state index contributed by atoms with van der Waals surface area (Å²) in [6.07, 6.45) is -36.9. The van der Waals surface area contributed by atoms with Gasteiger partial charge in [0.1, 0.15) is 104 Å². The highest BCUT2D eigenvalue weighted by Gasteiger charge is 2.55. The molecule has 4 heterocycles. The molecule has 0 radical (unpaired) electrons. The topological polar surface area (TPSA) is 400 Å². The van der Waals surface area contributed by atoms with Crippen LogP contribution in [0.4, 0.5) is 0 Å². The quantitative estimate of drug-likeness (QED) is 0.0814. The van der Waals surface area contributed by atoms with Gasteiger partial charge in [0.05, 0.1) is 44.6 Å². The van der Waals surface area contributed by atoms with Crippen LogP contribution in [0.3, 0.4) is 0 Å². The molecule has 4 fully saturated rings. The Hall–Kier alpha value is -1.22. The van der Waals surface area contributed by atoms with Crippen LogP contribution in [0, 0.1) is 0 Å². The summed E-state index contributed by atoms with van der Waals surface area (Å²) < 4.78 is 38.7. The third-order valence-electron chi connectivity index (χ3n) is 10.6. The van der Waals surface area contributed by atoms with Gasteiger partial charge in [-0.15, -0.1) is 0 Å². The van der Waals surface area contributed by atoms with Crippen LogP contribution in [-0.4, -0.2) is 255 Å². The van der Waals surface area contributed by atoms with Crippen molar-refractivity contribution in [3.63, 3.8) is 0 Å². The molecule has 1 aliphatic carbocycles. The number of hydrogen-bond acceptors (Lipinski definition) is 24. The average Bonchev–Trinajstić information content (AvgIpc) is 3.17. The van der Waals surface area contributed by atoms with Crippen LogP contribution in [0.1, 0.15) is 6.92 Å². The highest BCUT2D eigenvalue weighted by atomic mass is 16.8. The average molecular weight is 808 g/mol. The molecule has 17 N–H and O–H groups in total. The number of ether oxygens (including phenoxy) is 7. The van der Waals surface area contributed by atoms with E-state index in [2.05, 4.69) is 5.32 Å². The van der Waals surface area contributed by atoms with Crippen LogP contribution in [0.5, 0.6) is 0 Å². The van der Waals surface area contributed by atoms with E-state index in [4.69, 9.17) is 33.2 Å². The van der Waals surface area contributed by atoms with Crippen LogP contribution in [0.15, 0.2) is 11.6 Å². The molecule has 0 aromatic carbocycles. The molecule has 24 atom stereocenters. The predicted molar refractivity (Wildman–Crippen MR) is 170 cm³/mol. The summed E-state index contributed by atoms with van der Waals surface area (Å²) in [4.78, 5) is 0. The first-order valence-corrected chi connectivity index (χ1v) is 17.6. The van der Waals surface area contributed by atoms with Crippen molar-refractivity contribution in [2.24, 2.45) is 0 Å². The summed E-state index contributed by atoms with van der Waals surface area (Å²) in [7, 11) is 0. The van der Waals surface area contributed by atoms with E-state index in [1.165, 1.54) is 13.0 Å². The van der Waals surface area contributed by atoms with Gasteiger partial charge in [-0.05, 0) is 12.5 Å². The van der Waals surface area contributed by atoms with Crippen LogP contribution in [0.2, 0.25) is 0 Å². The van der Waals surface area contributed by atoms with Crippen molar-refractivity contribution in [2.75, 3.05) is 26.4 Å². The minimum absolute atomic E-state index is 0.00324. The Labute approximate surface area is 312 Å². The largest absolute Gasteiger partial charge is 0.394 e. The summed E-state index contributed by atoms with van der Waals surface area (Å²) >= 11 is 0. The second kappa shape index (κ2) is 18.8. The fraction of sp³-hybridized carbons (Fsp3) is 0.935. The Bertz CT molecular complexity index is 1250. The molecule has 5 rings (SSSR count). The summed E-state index contributed by atoms with van der Waals surface area (Å²) in [5, 5.41) is 169. The maximum atomic E-state index is 11.1. The lowest BCUT2D eigenvalue weighted by Gasteiger charge is -2.49. The first-order chi connectivity index (χ1) is 26.0. The molecule has 5 aliphatic rings. The van der Waals surface area contributed by atoms with Crippen molar-refractivity contribution < 1.29 is 115 Å². The normalized spacial score (nSPS) is 52.5. The molecule has 24 nitrogen and oxygen atoms in total. The summed E-state index contributed by atoms with van der Waals surface area (Å²) in [6.45, 7) is -1.84. The number of rotatable bonds is 12. The Morgan fingerprint density at radius 1 is 0.509 bits per heavy atom. The zero-order valence-corrected chi connectivity index (χ0v) is 29.3. The van der Waals surface area contributed by atoms with Gasteiger partial charge in [-0.25, -0.2) is 0 Å². The van der Waals surface area contributed by atoms with E-state index in [-0.39, 0.29) is 5.57 Å². The molecule has 0 saturated carbocycles. The highest BCUT2D eigenvalue weighted by molar-refractivity contribution is 5.22. The number of aliphatic hydroxyl groups excluding tert-OH is 16. The summed E-state index contributed by atoms with van der Waals surface area (Å²) in [6, 6.07) is -2.26. The van der Waals surface area contributed by atoms with E-state index in [9.17, 15) is 81.7 Å². The van der Waals surface area contributed by atoms with E-state index < -0.39 is 174 Å². The molecule has 0 amide bonds. The molecule has 10 unspecified atom stereocenters. The predicted octanol–water partition coefficient (Wildman–Crippen LogP) is -10.7. The maximum Gasteiger partial charge on any atom is 0.187 e. The van der Waals surface area contributed by atoms with Crippen LogP contribution >= 0.6 is 0 Å². The van der Waals surface area contributed by atoms with Gasteiger partial charge in [-0.2, -0.15) is 0 Å². The zero-order chi connectivity index (χ0) is 40.6. The molecular weight excluding hydrogens is 754 g/mol. The van der Waals surface area contributed by atoms with Crippen molar-refractivity contribution in [1.82, 2.24) is 5.32 Å². The second-order valence-corrected chi connectivity index (χ2v) is 14.2. The third-order valence-corrected chi connectivity index (χ3v) is 10.6. The SMILES string of the molecule is CC1O[C@@H](O[C@H]2C(CO)O[C@@H](O[C@H]3C(CO)O[C@@H](O[C@H]4C(CO)OC(O)C(O)[C@@H]4O)C(O)[C@@H]3O)C(O)[C@@H]2O)C(O)[C@H](O)[C@H]1N[C@@H]1C=C(CO)[C@@H](O)[C@@H](O)C1O. The van der Waals surface area contributed by atoms with Crippen molar-refractivity contribution in [3.8, 4) is 0 Å². The smallest absolute Gasteiger partial charge is 0.187 e. The maximum absolute atomic E-state index is 11.1.